The predicted molar refractivity (Wildman–Crippen MR) is 91.9 cm³/mol. The zero-order chi connectivity index (χ0) is 16.2. The van der Waals surface area contributed by atoms with E-state index in [1.807, 2.05) is 0 Å². The molecule has 0 unspecified atom stereocenters. The largest absolute Gasteiger partial charge is 0.349 e. The van der Waals surface area contributed by atoms with Crippen molar-refractivity contribution in [3.63, 3.8) is 0 Å². The van der Waals surface area contributed by atoms with Gasteiger partial charge in [0.1, 0.15) is 0 Å². The molecular weight excluding hydrogens is 310 g/mol. The van der Waals surface area contributed by atoms with Crippen LogP contribution in [0.25, 0.3) is 0 Å². The molecule has 122 valence electrons. The van der Waals surface area contributed by atoms with E-state index in [-0.39, 0.29) is 17.5 Å². The summed E-state index contributed by atoms with van der Waals surface area (Å²) in [5, 5.41) is 5.16. The summed E-state index contributed by atoms with van der Waals surface area (Å²) in [6.07, 6.45) is 1.89. The van der Waals surface area contributed by atoms with E-state index in [1.54, 1.807) is 24.3 Å². The number of carbonyl (C=O) groups is 1. The lowest BCUT2D eigenvalue weighted by atomic mass is 10.0. The van der Waals surface area contributed by atoms with Gasteiger partial charge in [0.2, 0.25) is 5.56 Å². The van der Waals surface area contributed by atoms with Crippen molar-refractivity contribution in [1.29, 1.82) is 0 Å². The van der Waals surface area contributed by atoms with Gasteiger partial charge in [-0.15, -0.1) is 11.3 Å². The highest BCUT2D eigenvalue weighted by Crippen LogP contribution is 2.17. The van der Waals surface area contributed by atoms with Gasteiger partial charge in [0, 0.05) is 47.9 Å². The van der Waals surface area contributed by atoms with Gasteiger partial charge in [-0.3, -0.25) is 14.5 Å². The Balaban J connectivity index is 1.52. The number of nitrogens with one attached hydrogen (secondary N) is 2. The highest BCUT2D eigenvalue weighted by Gasteiger charge is 2.21. The molecule has 5 nitrogen and oxygen atoms in total. The van der Waals surface area contributed by atoms with Crippen molar-refractivity contribution in [2.24, 2.45) is 0 Å². The van der Waals surface area contributed by atoms with E-state index >= 15 is 0 Å². The summed E-state index contributed by atoms with van der Waals surface area (Å²) >= 11 is 1.78. The van der Waals surface area contributed by atoms with Crippen LogP contribution in [0.3, 0.4) is 0 Å². The van der Waals surface area contributed by atoms with Gasteiger partial charge in [-0.1, -0.05) is 6.07 Å². The van der Waals surface area contributed by atoms with Crippen LogP contribution < -0.4 is 10.9 Å². The van der Waals surface area contributed by atoms with E-state index in [0.29, 0.717) is 11.3 Å². The molecule has 23 heavy (non-hydrogen) atoms. The first kappa shape index (κ1) is 16.0. The predicted octanol–water partition coefficient (Wildman–Crippen LogP) is 2.14. The lowest BCUT2D eigenvalue weighted by molar-refractivity contribution is 0.0909. The molecule has 6 heteroatoms. The molecule has 0 radical (unpaired) electrons. The first-order chi connectivity index (χ1) is 11.1. The van der Waals surface area contributed by atoms with Gasteiger partial charge in [0.05, 0.1) is 0 Å². The van der Waals surface area contributed by atoms with Crippen molar-refractivity contribution >= 4 is 17.2 Å². The second-order valence-electron chi connectivity index (χ2n) is 6.02. The number of carbonyl (C=O) groups excluding carboxylic acids is 1. The number of likely N-dealkylation sites (tertiary alicyclic amines) is 1. The lowest BCUT2D eigenvalue weighted by Crippen LogP contribution is -2.44. The van der Waals surface area contributed by atoms with Gasteiger partial charge in [0.15, 0.2) is 0 Å². The number of hydrogen-bond donors (Lipinski definition) is 2. The maximum Gasteiger partial charge on any atom is 0.251 e. The second kappa shape index (κ2) is 7.10. The van der Waals surface area contributed by atoms with Crippen LogP contribution in [0.5, 0.6) is 0 Å². The highest BCUT2D eigenvalue weighted by atomic mass is 32.1. The standard InChI is InChI=1S/C17H21N3O2S/c1-12-9-13(10-16(21)18-12)17(22)19-14-4-6-20(7-5-14)11-15-3-2-8-23-15/h2-3,8-10,14H,4-7,11H2,1H3,(H,18,21)(H,19,22). The van der Waals surface area contributed by atoms with Crippen LogP contribution in [0.15, 0.2) is 34.4 Å². The Morgan fingerprint density at radius 1 is 1.39 bits per heavy atom. The van der Waals surface area contributed by atoms with Crippen LogP contribution in [-0.4, -0.2) is 34.9 Å². The van der Waals surface area contributed by atoms with E-state index in [2.05, 4.69) is 32.7 Å². The number of amides is 1. The maximum absolute atomic E-state index is 12.3. The maximum atomic E-state index is 12.3. The summed E-state index contributed by atoms with van der Waals surface area (Å²) in [4.78, 5) is 30.2. The Morgan fingerprint density at radius 2 is 2.17 bits per heavy atom. The molecule has 0 aromatic carbocycles. The molecule has 1 aliphatic rings. The molecule has 1 amide bonds. The first-order valence-corrected chi connectivity index (χ1v) is 8.75. The molecule has 1 fully saturated rings. The van der Waals surface area contributed by atoms with Crippen LogP contribution in [0, 0.1) is 6.92 Å². The number of pyridine rings is 1. The number of thiophene rings is 1. The van der Waals surface area contributed by atoms with E-state index < -0.39 is 0 Å². The number of aryl methyl sites for hydroxylation is 1. The zero-order valence-electron chi connectivity index (χ0n) is 13.2. The normalized spacial score (nSPS) is 16.4. The third-order valence-corrected chi connectivity index (χ3v) is 4.98. The highest BCUT2D eigenvalue weighted by molar-refractivity contribution is 7.09. The van der Waals surface area contributed by atoms with E-state index in [0.717, 1.165) is 32.5 Å². The van der Waals surface area contributed by atoms with Crippen molar-refractivity contribution in [3.05, 3.63) is 56.1 Å². The molecule has 0 spiro atoms. The smallest absolute Gasteiger partial charge is 0.251 e. The molecule has 3 heterocycles. The van der Waals surface area contributed by atoms with Gasteiger partial charge in [0.25, 0.3) is 5.91 Å². The van der Waals surface area contributed by atoms with Crippen molar-refractivity contribution in [1.82, 2.24) is 15.2 Å². The van der Waals surface area contributed by atoms with Gasteiger partial charge >= 0.3 is 0 Å². The summed E-state index contributed by atoms with van der Waals surface area (Å²) in [6.45, 7) is 4.74. The quantitative estimate of drug-likeness (QED) is 0.902. The van der Waals surface area contributed by atoms with Crippen molar-refractivity contribution in [2.45, 2.75) is 32.4 Å². The minimum Gasteiger partial charge on any atom is -0.349 e. The second-order valence-corrected chi connectivity index (χ2v) is 7.05. The van der Waals surface area contributed by atoms with Crippen LogP contribution in [0.2, 0.25) is 0 Å². The van der Waals surface area contributed by atoms with Crippen LogP contribution in [0.4, 0.5) is 0 Å². The van der Waals surface area contributed by atoms with E-state index in [9.17, 15) is 9.59 Å². The lowest BCUT2D eigenvalue weighted by Gasteiger charge is -2.32. The molecule has 0 atom stereocenters. The number of piperidine rings is 1. The number of H-pyrrole nitrogens is 1. The minimum absolute atomic E-state index is 0.157. The average Bonchev–Trinajstić information content (AvgIpc) is 3.01. The number of rotatable bonds is 4. The third-order valence-electron chi connectivity index (χ3n) is 4.12. The number of aromatic nitrogens is 1. The fraction of sp³-hybridized carbons (Fsp3) is 0.412. The first-order valence-electron chi connectivity index (χ1n) is 7.87. The fourth-order valence-corrected chi connectivity index (χ4v) is 3.69. The topological polar surface area (TPSA) is 65.2 Å². The molecule has 0 bridgehead atoms. The molecule has 2 aromatic rings. The van der Waals surface area contributed by atoms with E-state index in [4.69, 9.17) is 0 Å². The molecular formula is C17H21N3O2S. The molecule has 0 saturated carbocycles. The van der Waals surface area contributed by atoms with Crippen LogP contribution >= 0.6 is 11.3 Å². The van der Waals surface area contributed by atoms with Gasteiger partial charge in [-0.05, 0) is 37.3 Å². The number of nitrogens with zero attached hydrogens (tertiary/aromatic N) is 1. The summed E-state index contributed by atoms with van der Waals surface area (Å²) in [7, 11) is 0. The Kier molecular flexibility index (Phi) is 4.93. The zero-order valence-corrected chi connectivity index (χ0v) is 14.0. The van der Waals surface area contributed by atoms with Crippen LogP contribution in [-0.2, 0) is 6.54 Å². The Bertz CT molecular complexity index is 716. The summed E-state index contributed by atoms with van der Waals surface area (Å²) < 4.78 is 0. The third kappa shape index (κ3) is 4.30. The van der Waals surface area contributed by atoms with E-state index in [1.165, 1.54) is 10.9 Å². The molecule has 1 saturated heterocycles. The average molecular weight is 331 g/mol. The molecule has 1 aliphatic heterocycles. The SMILES string of the molecule is Cc1cc(C(=O)NC2CCN(Cc3cccs3)CC2)cc(=O)[nH]1. The fourth-order valence-electron chi connectivity index (χ4n) is 2.94. The Labute approximate surface area is 139 Å². The van der Waals surface area contributed by atoms with Crippen molar-refractivity contribution in [3.8, 4) is 0 Å². The Hall–Kier alpha value is -1.92. The summed E-state index contributed by atoms with van der Waals surface area (Å²) in [5.74, 6) is -0.157. The summed E-state index contributed by atoms with van der Waals surface area (Å²) in [5.41, 5.74) is 0.904. The van der Waals surface area contributed by atoms with Crippen molar-refractivity contribution in [2.75, 3.05) is 13.1 Å². The molecule has 0 aliphatic carbocycles. The Morgan fingerprint density at radius 3 is 2.83 bits per heavy atom. The summed E-state index contributed by atoms with van der Waals surface area (Å²) in [6, 6.07) is 7.49. The molecule has 2 N–H and O–H groups in total. The number of aromatic amines is 1. The number of hydrogen-bond acceptors (Lipinski definition) is 4. The van der Waals surface area contributed by atoms with Gasteiger partial charge in [-0.2, -0.15) is 0 Å². The monoisotopic (exact) mass is 331 g/mol. The van der Waals surface area contributed by atoms with Gasteiger partial charge < -0.3 is 10.3 Å². The molecule has 2 aromatic heterocycles. The molecule has 3 rings (SSSR count). The van der Waals surface area contributed by atoms with Crippen LogP contribution in [0.1, 0.15) is 33.8 Å². The van der Waals surface area contributed by atoms with Crippen molar-refractivity contribution < 1.29 is 4.79 Å². The van der Waals surface area contributed by atoms with Gasteiger partial charge in [-0.25, -0.2) is 0 Å². The minimum atomic E-state index is -0.235.